The fourth-order valence-corrected chi connectivity index (χ4v) is 2.53. The summed E-state index contributed by atoms with van der Waals surface area (Å²) in [6, 6.07) is 4.16. The molecule has 2 atom stereocenters. The number of rotatable bonds is 6. The smallest absolute Gasteiger partial charge is 0.306 e. The predicted octanol–water partition coefficient (Wildman–Crippen LogP) is 2.12. The first-order valence-electron chi connectivity index (χ1n) is 6.60. The number of carbonyl (C=O) groups is 1. The summed E-state index contributed by atoms with van der Waals surface area (Å²) in [4.78, 5) is 10.7. The van der Waals surface area contributed by atoms with Crippen molar-refractivity contribution in [3.8, 4) is 5.75 Å². The largest absolute Gasteiger partial charge is 0.496 e. The first-order chi connectivity index (χ1) is 9.02. The minimum atomic E-state index is -0.670. The molecule has 1 saturated carbocycles. The van der Waals surface area contributed by atoms with Crippen LogP contribution in [0.4, 0.5) is 0 Å². The number of benzene rings is 1. The summed E-state index contributed by atoms with van der Waals surface area (Å²) >= 11 is 0. The molecule has 4 heteroatoms. The third-order valence-electron chi connectivity index (χ3n) is 3.74. The molecule has 104 valence electrons. The van der Waals surface area contributed by atoms with Crippen molar-refractivity contribution in [3.05, 3.63) is 28.8 Å². The van der Waals surface area contributed by atoms with E-state index in [0.29, 0.717) is 0 Å². The van der Waals surface area contributed by atoms with Crippen molar-refractivity contribution in [2.24, 2.45) is 11.8 Å². The van der Waals surface area contributed by atoms with Crippen molar-refractivity contribution in [2.45, 2.75) is 26.8 Å². The molecule has 2 rings (SSSR count). The summed E-state index contributed by atoms with van der Waals surface area (Å²) in [6.07, 6.45) is 0.798. The Hall–Kier alpha value is -1.55. The summed E-state index contributed by atoms with van der Waals surface area (Å²) in [6.45, 7) is 5.60. The van der Waals surface area contributed by atoms with E-state index in [9.17, 15) is 4.79 Å². The highest BCUT2D eigenvalue weighted by molar-refractivity contribution is 5.73. The number of aliphatic carboxylic acids is 1. The Bertz CT molecular complexity index is 485. The molecule has 1 aliphatic rings. The Morgan fingerprint density at radius 2 is 2.21 bits per heavy atom. The van der Waals surface area contributed by atoms with Crippen LogP contribution < -0.4 is 10.1 Å². The normalized spacial score (nSPS) is 21.2. The summed E-state index contributed by atoms with van der Waals surface area (Å²) < 4.78 is 5.41. The van der Waals surface area contributed by atoms with E-state index in [1.54, 1.807) is 7.11 Å². The molecule has 0 aromatic heterocycles. The van der Waals surface area contributed by atoms with Crippen LogP contribution >= 0.6 is 0 Å². The number of carboxylic acid groups (broad SMARTS) is 1. The van der Waals surface area contributed by atoms with Crippen molar-refractivity contribution < 1.29 is 14.6 Å². The second kappa shape index (κ2) is 5.61. The number of carboxylic acids is 1. The zero-order valence-corrected chi connectivity index (χ0v) is 11.7. The van der Waals surface area contributed by atoms with Crippen LogP contribution in [-0.2, 0) is 11.3 Å². The van der Waals surface area contributed by atoms with Gasteiger partial charge in [-0.1, -0.05) is 6.07 Å². The van der Waals surface area contributed by atoms with Crippen molar-refractivity contribution in [1.29, 1.82) is 0 Å². The van der Waals surface area contributed by atoms with Gasteiger partial charge in [-0.2, -0.15) is 0 Å². The molecule has 0 heterocycles. The molecular weight excluding hydrogens is 242 g/mol. The molecule has 0 aliphatic heterocycles. The highest BCUT2D eigenvalue weighted by Crippen LogP contribution is 2.38. The van der Waals surface area contributed by atoms with Gasteiger partial charge in [-0.15, -0.1) is 0 Å². The van der Waals surface area contributed by atoms with E-state index < -0.39 is 5.97 Å². The van der Waals surface area contributed by atoms with Crippen LogP contribution in [0, 0.1) is 25.7 Å². The van der Waals surface area contributed by atoms with Crippen molar-refractivity contribution >= 4 is 5.97 Å². The summed E-state index contributed by atoms with van der Waals surface area (Å²) in [7, 11) is 1.68. The molecule has 0 radical (unpaired) electrons. The lowest BCUT2D eigenvalue weighted by Crippen LogP contribution is -2.19. The zero-order valence-electron chi connectivity index (χ0n) is 11.7. The van der Waals surface area contributed by atoms with Gasteiger partial charge in [-0.05, 0) is 49.9 Å². The topological polar surface area (TPSA) is 58.6 Å². The van der Waals surface area contributed by atoms with Gasteiger partial charge < -0.3 is 15.2 Å². The van der Waals surface area contributed by atoms with Gasteiger partial charge in [-0.3, -0.25) is 4.79 Å². The maximum absolute atomic E-state index is 10.7. The molecule has 0 spiro atoms. The Balaban J connectivity index is 1.91. The van der Waals surface area contributed by atoms with Crippen LogP contribution in [0.15, 0.2) is 12.1 Å². The van der Waals surface area contributed by atoms with Gasteiger partial charge in [0.15, 0.2) is 0 Å². The second-order valence-corrected chi connectivity index (χ2v) is 5.33. The van der Waals surface area contributed by atoms with E-state index in [1.807, 2.05) is 13.0 Å². The third kappa shape index (κ3) is 3.26. The van der Waals surface area contributed by atoms with Crippen LogP contribution in [0.2, 0.25) is 0 Å². The van der Waals surface area contributed by atoms with E-state index in [-0.39, 0.29) is 11.8 Å². The zero-order chi connectivity index (χ0) is 14.0. The highest BCUT2D eigenvalue weighted by Gasteiger charge is 2.42. The number of ether oxygens (including phenoxy) is 1. The monoisotopic (exact) mass is 263 g/mol. The molecule has 2 N–H and O–H groups in total. The van der Waals surface area contributed by atoms with Gasteiger partial charge in [0.2, 0.25) is 0 Å². The van der Waals surface area contributed by atoms with Crippen LogP contribution in [0.3, 0.4) is 0 Å². The number of nitrogens with one attached hydrogen (secondary N) is 1. The molecule has 1 aromatic rings. The maximum atomic E-state index is 10.7. The first kappa shape index (κ1) is 13.9. The molecule has 0 bridgehead atoms. The van der Waals surface area contributed by atoms with Crippen LogP contribution in [-0.4, -0.2) is 24.7 Å². The molecule has 19 heavy (non-hydrogen) atoms. The van der Waals surface area contributed by atoms with Gasteiger partial charge in [-0.25, -0.2) is 0 Å². The van der Waals surface area contributed by atoms with E-state index in [0.717, 1.165) is 30.8 Å². The van der Waals surface area contributed by atoms with Gasteiger partial charge in [0, 0.05) is 12.1 Å². The molecule has 4 nitrogen and oxygen atoms in total. The lowest BCUT2D eigenvalue weighted by Gasteiger charge is -2.13. The Morgan fingerprint density at radius 3 is 2.79 bits per heavy atom. The van der Waals surface area contributed by atoms with Crippen LogP contribution in [0.1, 0.15) is 23.1 Å². The maximum Gasteiger partial charge on any atom is 0.306 e. The van der Waals surface area contributed by atoms with E-state index in [4.69, 9.17) is 9.84 Å². The van der Waals surface area contributed by atoms with Gasteiger partial charge in [0.25, 0.3) is 0 Å². The summed E-state index contributed by atoms with van der Waals surface area (Å²) in [5.41, 5.74) is 3.54. The Labute approximate surface area is 113 Å². The SMILES string of the molecule is COc1cc(C)cc(C)c1CNCC1CC1C(=O)O. The van der Waals surface area contributed by atoms with Crippen molar-refractivity contribution in [2.75, 3.05) is 13.7 Å². The van der Waals surface area contributed by atoms with Crippen molar-refractivity contribution in [1.82, 2.24) is 5.32 Å². The molecule has 1 aromatic carbocycles. The van der Waals surface area contributed by atoms with Crippen LogP contribution in [0.25, 0.3) is 0 Å². The lowest BCUT2D eigenvalue weighted by atomic mass is 10.0. The summed E-state index contributed by atoms with van der Waals surface area (Å²) in [5.74, 6) is 0.370. The Kier molecular flexibility index (Phi) is 4.10. The number of hydrogen-bond acceptors (Lipinski definition) is 3. The quantitative estimate of drug-likeness (QED) is 0.825. The lowest BCUT2D eigenvalue weighted by molar-refractivity contribution is -0.138. The summed E-state index contributed by atoms with van der Waals surface area (Å²) in [5, 5.41) is 12.2. The standard InChI is InChI=1S/C15H21NO3/c1-9-4-10(2)13(14(5-9)19-3)8-16-7-11-6-12(11)15(17)18/h4-5,11-12,16H,6-8H2,1-3H3,(H,17,18). The average Bonchev–Trinajstić information content (AvgIpc) is 3.11. The van der Waals surface area contributed by atoms with E-state index in [2.05, 4.69) is 18.3 Å². The fourth-order valence-electron chi connectivity index (χ4n) is 2.53. The highest BCUT2D eigenvalue weighted by atomic mass is 16.5. The molecule has 0 saturated heterocycles. The number of aryl methyl sites for hydroxylation is 2. The van der Waals surface area contributed by atoms with Gasteiger partial charge >= 0.3 is 5.97 Å². The minimum Gasteiger partial charge on any atom is -0.496 e. The van der Waals surface area contributed by atoms with E-state index >= 15 is 0 Å². The fraction of sp³-hybridized carbons (Fsp3) is 0.533. The molecule has 0 amide bonds. The van der Waals surface area contributed by atoms with Crippen molar-refractivity contribution in [3.63, 3.8) is 0 Å². The second-order valence-electron chi connectivity index (χ2n) is 5.33. The molecule has 1 fully saturated rings. The molecule has 1 aliphatic carbocycles. The number of hydrogen-bond donors (Lipinski definition) is 2. The van der Waals surface area contributed by atoms with Gasteiger partial charge in [0.05, 0.1) is 13.0 Å². The Morgan fingerprint density at radius 1 is 1.47 bits per heavy atom. The predicted molar refractivity (Wildman–Crippen MR) is 73.4 cm³/mol. The van der Waals surface area contributed by atoms with Crippen LogP contribution in [0.5, 0.6) is 5.75 Å². The minimum absolute atomic E-state index is 0.145. The van der Waals surface area contributed by atoms with Gasteiger partial charge in [0.1, 0.15) is 5.75 Å². The third-order valence-corrected chi connectivity index (χ3v) is 3.74. The average molecular weight is 263 g/mol. The number of methoxy groups -OCH3 is 1. The molecular formula is C15H21NO3. The molecule has 2 unspecified atom stereocenters. The first-order valence-corrected chi connectivity index (χ1v) is 6.60. The van der Waals surface area contributed by atoms with E-state index in [1.165, 1.54) is 11.1 Å².